The number of thiophene rings is 1. The van der Waals surface area contributed by atoms with Crippen molar-refractivity contribution >= 4 is 59.9 Å². The number of esters is 1. The first kappa shape index (κ1) is 17.9. The van der Waals surface area contributed by atoms with Gasteiger partial charge in [0, 0.05) is 30.6 Å². The van der Waals surface area contributed by atoms with Crippen molar-refractivity contribution < 1.29 is 14.3 Å². The molecule has 0 aliphatic carbocycles. The van der Waals surface area contributed by atoms with Crippen molar-refractivity contribution in [2.24, 2.45) is 0 Å². The zero-order chi connectivity index (χ0) is 19.1. The number of aryl methyl sites for hydroxylation is 1. The first-order valence-corrected chi connectivity index (χ1v) is 9.95. The average molecular weight is 439 g/mol. The molecule has 0 saturated carbocycles. The largest absolute Gasteiger partial charge is 0.465 e. The maximum atomic E-state index is 13.4. The van der Waals surface area contributed by atoms with E-state index in [1.165, 1.54) is 7.11 Å². The lowest BCUT2D eigenvalue weighted by atomic mass is 9.97. The van der Waals surface area contributed by atoms with Crippen LogP contribution < -0.4 is 0 Å². The number of halogens is 1. The molecule has 134 valence electrons. The van der Waals surface area contributed by atoms with Crippen molar-refractivity contribution in [3.05, 3.63) is 80.6 Å². The standard InChI is InChI=1S/C22H15BrO3S/c1-12-19(17-11-14(22(25)26-2)8-10-18(17)27-12)21(24)16-9-7-13-5-3-4-6-15(13)20(16)23/h3-11H,1-2H3. The SMILES string of the molecule is COC(=O)c1ccc2sc(C)c(C(=O)c3ccc4ccccc4c3Br)c2c1. The van der Waals surface area contributed by atoms with Gasteiger partial charge < -0.3 is 4.74 Å². The molecule has 4 rings (SSSR count). The zero-order valence-electron chi connectivity index (χ0n) is 14.7. The van der Waals surface area contributed by atoms with Crippen LogP contribution in [0.4, 0.5) is 0 Å². The van der Waals surface area contributed by atoms with Crippen LogP contribution in [-0.2, 0) is 4.74 Å². The van der Waals surface area contributed by atoms with Crippen LogP contribution in [0.2, 0.25) is 0 Å². The number of rotatable bonds is 3. The van der Waals surface area contributed by atoms with Gasteiger partial charge in [-0.3, -0.25) is 4.79 Å². The highest BCUT2D eigenvalue weighted by molar-refractivity contribution is 9.10. The highest BCUT2D eigenvalue weighted by atomic mass is 79.9. The predicted molar refractivity (Wildman–Crippen MR) is 113 cm³/mol. The Morgan fingerprint density at radius 3 is 2.56 bits per heavy atom. The van der Waals surface area contributed by atoms with Gasteiger partial charge in [-0.15, -0.1) is 11.3 Å². The summed E-state index contributed by atoms with van der Waals surface area (Å²) < 4.78 is 6.57. The normalized spacial score (nSPS) is 11.1. The Hall–Kier alpha value is -2.50. The van der Waals surface area contributed by atoms with Crippen molar-refractivity contribution in [1.29, 1.82) is 0 Å². The van der Waals surface area contributed by atoms with Crippen molar-refractivity contribution in [3.8, 4) is 0 Å². The first-order chi connectivity index (χ1) is 13.0. The van der Waals surface area contributed by atoms with E-state index in [1.807, 2.05) is 49.4 Å². The summed E-state index contributed by atoms with van der Waals surface area (Å²) >= 11 is 5.16. The van der Waals surface area contributed by atoms with Crippen molar-refractivity contribution in [1.82, 2.24) is 0 Å². The summed E-state index contributed by atoms with van der Waals surface area (Å²) in [6, 6.07) is 17.1. The van der Waals surface area contributed by atoms with E-state index in [-0.39, 0.29) is 5.78 Å². The molecule has 0 fully saturated rings. The Bertz CT molecular complexity index is 1220. The number of ketones is 1. The molecular weight excluding hydrogens is 424 g/mol. The van der Waals surface area contributed by atoms with Crippen LogP contribution in [0.15, 0.2) is 59.1 Å². The van der Waals surface area contributed by atoms with E-state index >= 15 is 0 Å². The smallest absolute Gasteiger partial charge is 0.337 e. The number of carbonyl (C=O) groups excluding carboxylic acids is 2. The lowest BCUT2D eigenvalue weighted by molar-refractivity contribution is 0.0600. The third-order valence-electron chi connectivity index (χ3n) is 4.62. The lowest BCUT2D eigenvalue weighted by Crippen LogP contribution is -2.05. The van der Waals surface area contributed by atoms with Crippen LogP contribution in [0.25, 0.3) is 20.9 Å². The molecule has 1 aromatic heterocycles. The molecule has 0 bridgehead atoms. The summed E-state index contributed by atoms with van der Waals surface area (Å²) in [5, 5.41) is 2.85. The molecular formula is C22H15BrO3S. The highest BCUT2D eigenvalue weighted by Gasteiger charge is 2.22. The van der Waals surface area contributed by atoms with Gasteiger partial charge in [-0.25, -0.2) is 4.79 Å². The van der Waals surface area contributed by atoms with E-state index in [4.69, 9.17) is 4.74 Å². The quantitative estimate of drug-likeness (QED) is 0.284. The van der Waals surface area contributed by atoms with Gasteiger partial charge in [0.05, 0.1) is 12.7 Å². The van der Waals surface area contributed by atoms with Crippen LogP contribution in [0.5, 0.6) is 0 Å². The maximum absolute atomic E-state index is 13.4. The Morgan fingerprint density at radius 2 is 1.78 bits per heavy atom. The van der Waals surface area contributed by atoms with Crippen LogP contribution in [0.1, 0.15) is 31.2 Å². The van der Waals surface area contributed by atoms with E-state index in [1.54, 1.807) is 23.5 Å². The Morgan fingerprint density at radius 1 is 1.00 bits per heavy atom. The molecule has 0 atom stereocenters. The second-order valence-electron chi connectivity index (χ2n) is 6.21. The van der Waals surface area contributed by atoms with Crippen LogP contribution in [-0.4, -0.2) is 18.9 Å². The van der Waals surface area contributed by atoms with Gasteiger partial charge in [0.25, 0.3) is 0 Å². The molecule has 0 unspecified atom stereocenters. The summed E-state index contributed by atoms with van der Waals surface area (Å²) in [5.41, 5.74) is 1.69. The number of ether oxygens (including phenoxy) is 1. The molecule has 3 nitrogen and oxygen atoms in total. The fourth-order valence-corrected chi connectivity index (χ4v) is 5.01. The maximum Gasteiger partial charge on any atom is 0.337 e. The fraction of sp³-hybridized carbons (Fsp3) is 0.0909. The molecule has 3 aromatic carbocycles. The van der Waals surface area contributed by atoms with E-state index in [9.17, 15) is 9.59 Å². The van der Waals surface area contributed by atoms with E-state index in [2.05, 4.69) is 15.9 Å². The van der Waals surface area contributed by atoms with Crippen LogP contribution in [0, 0.1) is 6.92 Å². The minimum atomic E-state index is -0.411. The Labute approximate surface area is 168 Å². The number of benzene rings is 3. The van der Waals surface area contributed by atoms with E-state index in [0.29, 0.717) is 16.7 Å². The Kier molecular flexibility index (Phi) is 4.58. The summed E-state index contributed by atoms with van der Waals surface area (Å²) in [5.74, 6) is -0.468. The van der Waals surface area contributed by atoms with Gasteiger partial charge in [0.2, 0.25) is 0 Å². The molecule has 1 heterocycles. The van der Waals surface area contributed by atoms with Gasteiger partial charge in [-0.05, 0) is 57.9 Å². The van der Waals surface area contributed by atoms with E-state index < -0.39 is 5.97 Å². The topological polar surface area (TPSA) is 43.4 Å². The summed E-state index contributed by atoms with van der Waals surface area (Å²) in [6.45, 7) is 1.94. The number of carbonyl (C=O) groups is 2. The van der Waals surface area contributed by atoms with Gasteiger partial charge in [0.1, 0.15) is 0 Å². The fourth-order valence-electron chi connectivity index (χ4n) is 3.29. The predicted octanol–water partition coefficient (Wildman–Crippen LogP) is 6.14. The first-order valence-electron chi connectivity index (χ1n) is 8.34. The average Bonchev–Trinajstić information content (AvgIpc) is 3.02. The molecule has 0 radical (unpaired) electrons. The van der Waals surface area contributed by atoms with Gasteiger partial charge in [-0.2, -0.15) is 0 Å². The number of hydrogen-bond donors (Lipinski definition) is 0. The summed E-state index contributed by atoms with van der Waals surface area (Å²) in [4.78, 5) is 26.3. The second kappa shape index (κ2) is 6.91. The minimum absolute atomic E-state index is 0.0570. The van der Waals surface area contributed by atoms with Crippen LogP contribution >= 0.6 is 27.3 Å². The second-order valence-corrected chi connectivity index (χ2v) is 8.26. The van der Waals surface area contributed by atoms with Crippen molar-refractivity contribution in [2.45, 2.75) is 6.92 Å². The van der Waals surface area contributed by atoms with Crippen LogP contribution in [0.3, 0.4) is 0 Å². The molecule has 0 aliphatic heterocycles. The van der Waals surface area contributed by atoms with Gasteiger partial charge in [-0.1, -0.05) is 30.3 Å². The van der Waals surface area contributed by atoms with Gasteiger partial charge in [0.15, 0.2) is 5.78 Å². The van der Waals surface area contributed by atoms with Crippen molar-refractivity contribution in [3.63, 3.8) is 0 Å². The number of fused-ring (bicyclic) bond motifs is 2. The van der Waals surface area contributed by atoms with Gasteiger partial charge >= 0.3 is 5.97 Å². The molecule has 27 heavy (non-hydrogen) atoms. The molecule has 0 saturated heterocycles. The number of hydrogen-bond acceptors (Lipinski definition) is 4. The van der Waals surface area contributed by atoms with Crippen molar-refractivity contribution in [2.75, 3.05) is 7.11 Å². The minimum Gasteiger partial charge on any atom is -0.465 e. The lowest BCUT2D eigenvalue weighted by Gasteiger charge is -2.08. The number of methoxy groups -OCH3 is 1. The zero-order valence-corrected chi connectivity index (χ0v) is 17.1. The third-order valence-corrected chi connectivity index (χ3v) is 6.56. The molecule has 0 spiro atoms. The summed E-state index contributed by atoms with van der Waals surface area (Å²) in [7, 11) is 1.35. The molecule has 0 aliphatic rings. The molecule has 0 amide bonds. The molecule has 4 aromatic rings. The Balaban J connectivity index is 1.91. The third kappa shape index (κ3) is 2.97. The molecule has 5 heteroatoms. The monoisotopic (exact) mass is 438 g/mol. The van der Waals surface area contributed by atoms with E-state index in [0.717, 1.165) is 30.2 Å². The molecule has 0 N–H and O–H groups in total. The highest BCUT2D eigenvalue weighted by Crippen LogP contribution is 2.36. The summed E-state index contributed by atoms with van der Waals surface area (Å²) in [6.07, 6.45) is 0.